The molecule has 7 aliphatic rings. The Bertz CT molecular complexity index is 2360. The number of aliphatic hydroxyl groups is 7. The van der Waals surface area contributed by atoms with Gasteiger partial charge in [0, 0.05) is 80.8 Å². The first-order valence-corrected chi connectivity index (χ1v) is 30.2. The quantitative estimate of drug-likeness (QED) is 0.0993. The minimum absolute atomic E-state index is 0.0109. The third-order valence-corrected chi connectivity index (χ3v) is 21.5. The van der Waals surface area contributed by atoms with Crippen LogP contribution in [0.2, 0.25) is 0 Å². The van der Waals surface area contributed by atoms with E-state index in [9.17, 15) is 50.1 Å². The molecule has 82 heavy (non-hydrogen) atoms. The van der Waals surface area contributed by atoms with Gasteiger partial charge in [0.25, 0.3) is 5.91 Å². The van der Waals surface area contributed by atoms with Crippen LogP contribution < -0.4 is 5.32 Å². The number of alkyl halides is 1. The molecule has 5 fully saturated rings. The van der Waals surface area contributed by atoms with Crippen LogP contribution in [0.4, 0.5) is 8.78 Å². The number of rotatable bonds is 12. The van der Waals surface area contributed by atoms with Crippen LogP contribution in [0.25, 0.3) is 0 Å². The van der Waals surface area contributed by atoms with Gasteiger partial charge in [0.2, 0.25) is 0 Å². The van der Waals surface area contributed by atoms with E-state index in [-0.39, 0.29) is 94.5 Å². The van der Waals surface area contributed by atoms with Crippen molar-refractivity contribution in [1.82, 2.24) is 15.1 Å². The van der Waals surface area contributed by atoms with Crippen molar-refractivity contribution in [2.24, 2.45) is 46.3 Å². The normalized spacial score (nSPS) is 50.0. The third-order valence-electron chi connectivity index (χ3n) is 21.5. The average Bonchev–Trinajstić information content (AvgIpc) is 2.67. The van der Waals surface area contributed by atoms with Crippen molar-refractivity contribution in [3.05, 3.63) is 23.6 Å². The second-order valence-corrected chi connectivity index (χ2v) is 27.6. The summed E-state index contributed by atoms with van der Waals surface area (Å²) in [6.45, 7) is 22.4. The Balaban J connectivity index is 1.17. The Morgan fingerprint density at radius 1 is 0.902 bits per heavy atom. The van der Waals surface area contributed by atoms with Crippen molar-refractivity contribution in [1.29, 1.82) is 0 Å². The van der Waals surface area contributed by atoms with Gasteiger partial charge in [0.1, 0.15) is 35.8 Å². The van der Waals surface area contributed by atoms with Crippen molar-refractivity contribution in [2.75, 3.05) is 40.8 Å². The molecule has 3 heterocycles. The summed E-state index contributed by atoms with van der Waals surface area (Å²) in [5, 5.41) is 88.3. The molecule has 4 unspecified atom stereocenters. The fraction of sp³-hybridized carbons (Fsp3) is 0.885. The fourth-order valence-corrected chi connectivity index (χ4v) is 16.5. The van der Waals surface area contributed by atoms with Crippen LogP contribution in [0.3, 0.4) is 0 Å². The summed E-state index contributed by atoms with van der Waals surface area (Å²) in [5.41, 5.74) is -12.4. The second kappa shape index (κ2) is 24.5. The monoisotopic (exact) mass is 1170 g/mol. The van der Waals surface area contributed by atoms with Gasteiger partial charge in [-0.1, -0.05) is 40.7 Å². The van der Waals surface area contributed by atoms with Crippen LogP contribution >= 0.6 is 0 Å². The molecule has 19 nitrogen and oxygen atoms in total. The van der Waals surface area contributed by atoms with E-state index in [0.29, 0.717) is 6.42 Å². The highest BCUT2D eigenvalue weighted by Crippen LogP contribution is 2.71. The zero-order chi connectivity index (χ0) is 61.4. The Morgan fingerprint density at radius 3 is 2.18 bits per heavy atom. The first-order chi connectivity index (χ1) is 37.9. The summed E-state index contributed by atoms with van der Waals surface area (Å²) in [7, 11) is 5.17. The lowest BCUT2D eigenvalue weighted by molar-refractivity contribution is -0.318. The number of cyclic esters (lactones) is 1. The number of methoxy groups -OCH3 is 1. The summed E-state index contributed by atoms with van der Waals surface area (Å²) in [6, 6.07) is -1.21. The molecular weight excluding hydrogens is 1070 g/mol. The minimum atomic E-state index is -2.37. The summed E-state index contributed by atoms with van der Waals surface area (Å²) in [6.07, 6.45) is -9.68. The maximum absolute atomic E-state index is 17.9. The largest absolute Gasteiger partial charge is 0.459 e. The molecule has 3 saturated heterocycles. The lowest BCUT2D eigenvalue weighted by atomic mass is 9.45. The fourth-order valence-electron chi connectivity index (χ4n) is 16.5. The molecule has 3 aliphatic heterocycles. The number of hydrogen-bond donors (Lipinski definition) is 8. The molecule has 0 aromatic rings. The number of likely N-dealkylation sites (N-methyl/N-ethyl adjacent to an activating group) is 1. The number of esters is 1. The summed E-state index contributed by atoms with van der Waals surface area (Å²) in [4.78, 5) is 45.6. The van der Waals surface area contributed by atoms with Gasteiger partial charge in [0.05, 0.1) is 47.6 Å². The summed E-state index contributed by atoms with van der Waals surface area (Å²) in [5.74, 6) is -7.45. The van der Waals surface area contributed by atoms with Crippen LogP contribution in [-0.4, -0.2) is 212 Å². The molecule has 0 radical (unpaired) electrons. The molecule has 0 aromatic heterocycles. The van der Waals surface area contributed by atoms with Crippen molar-refractivity contribution in [3.8, 4) is 0 Å². The van der Waals surface area contributed by atoms with Crippen LogP contribution in [0, 0.1) is 46.3 Å². The highest BCUT2D eigenvalue weighted by Gasteiger charge is 2.76. The second-order valence-electron chi connectivity index (χ2n) is 27.6. The number of nitrogens with zero attached hydrogens (tertiary/aromatic N) is 2. The number of carbonyl (C=O) groups is 3. The molecular formula is C61H101F2N3O16. The van der Waals surface area contributed by atoms with Crippen LogP contribution in [0.1, 0.15) is 148 Å². The van der Waals surface area contributed by atoms with E-state index in [1.165, 1.54) is 33.1 Å². The number of amides is 1. The van der Waals surface area contributed by atoms with E-state index in [1.807, 2.05) is 37.7 Å². The van der Waals surface area contributed by atoms with E-state index < -0.39 is 160 Å². The number of carbonyl (C=O) groups excluding carboxylic acids is 3. The van der Waals surface area contributed by atoms with Crippen molar-refractivity contribution in [2.45, 2.75) is 255 Å². The molecule has 26 atom stereocenters. The Morgan fingerprint density at radius 2 is 1.56 bits per heavy atom. The van der Waals surface area contributed by atoms with Crippen molar-refractivity contribution >= 4 is 17.7 Å². The molecule has 4 aliphatic carbocycles. The molecule has 7 rings (SSSR count). The van der Waals surface area contributed by atoms with E-state index in [2.05, 4.69) is 5.32 Å². The molecule has 8 N–H and O–H groups in total. The van der Waals surface area contributed by atoms with E-state index in [0.717, 1.165) is 0 Å². The molecule has 21 heteroatoms. The summed E-state index contributed by atoms with van der Waals surface area (Å²) >= 11 is 0. The van der Waals surface area contributed by atoms with E-state index in [1.54, 1.807) is 62.3 Å². The topological polar surface area (TPSA) is 267 Å². The highest BCUT2D eigenvalue weighted by molar-refractivity contribution is 5.94. The zero-order valence-corrected chi connectivity index (χ0v) is 51.6. The number of fused-ring (bicyclic) bond motifs is 5. The number of ether oxygens (including phenoxy) is 6. The standard InChI is InChI=1S/C61H101F2N3O16/c1-17-45-59(13,75)49(70)36(7)66(22-18-21-64-54(73)61(76)32(3)23-39-40-26-42(62)41-25-38(67)19-20-55(41,9)60(40,63)44(68)28-56(39,61)10)30-31(2)27-57(11,74)51(82-53-47(69)43(65(14)15)24-33(4)78-53)34(5)48(35(6)52(72)80-45)81-46-29-58(12,77-16)50(71)37(8)79-46/h19-20,31-37,39-40,43-51,53,68-71,74-76H,17-18,21-30H2,1-16H3,(H,64,73)/t31-,32-,33-,34+,35-,36-,37?,39?,40?,43-,44+,45-,46-,47-,48+,49-,50-,51?,53+,55+,56+,57-,58+,59-,60+,61+/m1/s1. The predicted octanol–water partition coefficient (Wildman–Crippen LogP) is 4.42. The maximum atomic E-state index is 17.9. The van der Waals surface area contributed by atoms with Gasteiger partial charge in [0.15, 0.2) is 29.6 Å². The van der Waals surface area contributed by atoms with Gasteiger partial charge >= 0.3 is 5.97 Å². The zero-order valence-electron chi connectivity index (χ0n) is 51.6. The Hall–Kier alpha value is -2.61. The molecule has 470 valence electrons. The average molecular weight is 1170 g/mol. The Kier molecular flexibility index (Phi) is 20.0. The van der Waals surface area contributed by atoms with Gasteiger partial charge in [-0.2, -0.15) is 0 Å². The van der Waals surface area contributed by atoms with Crippen LogP contribution in [-0.2, 0) is 42.8 Å². The number of aliphatic hydroxyl groups excluding tert-OH is 4. The summed E-state index contributed by atoms with van der Waals surface area (Å²) < 4.78 is 72.2. The Labute approximate surface area is 484 Å². The molecule has 1 amide bonds. The van der Waals surface area contributed by atoms with Gasteiger partial charge in [-0.25, -0.2) is 8.78 Å². The number of halogens is 2. The number of nitrogens with one attached hydrogen (secondary N) is 1. The smallest absolute Gasteiger partial charge is 0.311 e. The van der Waals surface area contributed by atoms with Crippen molar-refractivity contribution in [3.63, 3.8) is 0 Å². The minimum Gasteiger partial charge on any atom is -0.459 e. The molecule has 2 saturated carbocycles. The van der Waals surface area contributed by atoms with Crippen LogP contribution in [0.5, 0.6) is 0 Å². The predicted molar refractivity (Wildman–Crippen MR) is 299 cm³/mol. The van der Waals surface area contributed by atoms with Gasteiger partial charge in [-0.15, -0.1) is 0 Å². The van der Waals surface area contributed by atoms with E-state index >= 15 is 8.78 Å². The molecule has 0 aromatic carbocycles. The molecule has 0 bridgehead atoms. The number of allylic oxidation sites excluding steroid dienone is 4. The van der Waals surface area contributed by atoms with Gasteiger partial charge in [-0.3, -0.25) is 19.3 Å². The van der Waals surface area contributed by atoms with E-state index in [4.69, 9.17) is 28.4 Å². The maximum Gasteiger partial charge on any atom is 0.311 e. The van der Waals surface area contributed by atoms with Gasteiger partial charge < -0.3 is 74.4 Å². The van der Waals surface area contributed by atoms with Gasteiger partial charge in [-0.05, 0) is 137 Å². The molecule has 0 spiro atoms. The first-order valence-electron chi connectivity index (χ1n) is 30.2. The van der Waals surface area contributed by atoms with Crippen molar-refractivity contribution < 1.29 is 87.3 Å². The number of hydrogen-bond acceptors (Lipinski definition) is 18. The lowest BCUT2D eigenvalue weighted by Gasteiger charge is -2.62. The SMILES string of the molecule is CC[C@H]1OC(=O)[C@H](C)[C@@H](O[C@@H]2C[C@](C)(OC)[C@H](O)C(C)O2)[C@H](C)C(O[C@@H]2O[C@H](C)C[C@@H](N(C)C)[C@H]2O)[C@](C)(O)C[C@@H](C)CN(CCCNC(=O)[C@@]2(O)[C@H](C)CC3C4CC(F)=C5CC(=O)C=C[C@]5(C)[C@@]4(F)[C@@H](O)C[C@@]32C)[C@H](C)[C@@H](O)[C@]1(C)O. The third kappa shape index (κ3) is 11.7. The lowest BCUT2D eigenvalue weighted by Crippen LogP contribution is -2.70. The van der Waals surface area contributed by atoms with Crippen LogP contribution in [0.15, 0.2) is 23.6 Å². The number of ketones is 1. The highest BCUT2D eigenvalue weighted by atomic mass is 19.1. The first kappa shape index (κ1) is 66.9.